The summed E-state index contributed by atoms with van der Waals surface area (Å²) in [7, 11) is 0. The van der Waals surface area contributed by atoms with Crippen LogP contribution in [0, 0.1) is 0 Å². The lowest BCUT2D eigenvalue weighted by atomic mass is 9.67. The van der Waals surface area contributed by atoms with Crippen molar-refractivity contribution in [3.63, 3.8) is 0 Å². The van der Waals surface area contributed by atoms with Crippen molar-refractivity contribution >= 4 is 29.5 Å². The Bertz CT molecular complexity index is 380. The summed E-state index contributed by atoms with van der Waals surface area (Å²) in [5.74, 6) is 0. The maximum Gasteiger partial charge on any atom is 0.138 e. The molecule has 1 aromatic carbocycles. The van der Waals surface area contributed by atoms with Gasteiger partial charge in [0.15, 0.2) is 0 Å². The van der Waals surface area contributed by atoms with Crippen LogP contribution in [0.25, 0.3) is 0 Å². The van der Waals surface area contributed by atoms with Gasteiger partial charge in [-0.2, -0.15) is 0 Å². The van der Waals surface area contributed by atoms with Crippen molar-refractivity contribution in [1.29, 1.82) is 0 Å². The molecule has 0 aliphatic heterocycles. The highest BCUT2D eigenvalue weighted by molar-refractivity contribution is 6.30. The van der Waals surface area contributed by atoms with Gasteiger partial charge in [0.1, 0.15) is 6.29 Å². The Hall–Kier alpha value is -0.530. The maximum absolute atomic E-state index is 11.1. The van der Waals surface area contributed by atoms with E-state index in [4.69, 9.17) is 23.2 Å². The Morgan fingerprint density at radius 2 is 1.71 bits per heavy atom. The molecule has 1 aromatic rings. The number of hydrogen-bond donors (Lipinski definition) is 0. The molecule has 1 nitrogen and oxygen atoms in total. The second-order valence-corrected chi connectivity index (χ2v) is 5.67. The van der Waals surface area contributed by atoms with E-state index >= 15 is 0 Å². The van der Waals surface area contributed by atoms with Crippen LogP contribution in [0.4, 0.5) is 0 Å². The Morgan fingerprint density at radius 1 is 1.12 bits per heavy atom. The van der Waals surface area contributed by atoms with Gasteiger partial charge in [-0.05, 0) is 30.5 Å². The molecule has 0 radical (unpaired) electrons. The summed E-state index contributed by atoms with van der Waals surface area (Å²) in [6, 6.07) is 7.77. The zero-order chi connectivity index (χ0) is 12.3. The van der Waals surface area contributed by atoms with E-state index in [2.05, 4.69) is 0 Å². The van der Waals surface area contributed by atoms with Crippen molar-refractivity contribution in [3.05, 3.63) is 34.9 Å². The molecule has 2 rings (SSSR count). The largest absolute Gasteiger partial charge is 0.302 e. The fourth-order valence-electron chi connectivity index (χ4n) is 2.82. The molecule has 0 spiro atoms. The van der Waals surface area contributed by atoms with E-state index in [0.29, 0.717) is 0 Å². The van der Waals surface area contributed by atoms with Crippen LogP contribution in [0.1, 0.15) is 37.7 Å². The van der Waals surface area contributed by atoms with Gasteiger partial charge in [0.2, 0.25) is 0 Å². The van der Waals surface area contributed by atoms with Gasteiger partial charge >= 0.3 is 0 Å². The molecule has 0 saturated heterocycles. The van der Waals surface area contributed by atoms with E-state index in [0.717, 1.165) is 42.6 Å². The predicted octanol–water partition coefficient (Wildman–Crippen LogP) is 4.35. The Balaban J connectivity index is 2.38. The van der Waals surface area contributed by atoms with Crippen molar-refractivity contribution in [2.24, 2.45) is 0 Å². The lowest BCUT2D eigenvalue weighted by Gasteiger charge is -2.39. The average Bonchev–Trinajstić information content (AvgIpc) is 2.39. The second-order valence-electron chi connectivity index (χ2n) is 4.76. The number of rotatable bonds is 3. The van der Waals surface area contributed by atoms with Crippen LogP contribution in [-0.4, -0.2) is 11.7 Å². The van der Waals surface area contributed by atoms with Crippen LogP contribution >= 0.6 is 23.2 Å². The lowest BCUT2D eigenvalue weighted by Crippen LogP contribution is -2.39. The average molecular weight is 271 g/mol. The number of carbonyl (C=O) groups is 1. The minimum absolute atomic E-state index is 0.188. The Morgan fingerprint density at radius 3 is 2.24 bits per heavy atom. The van der Waals surface area contributed by atoms with Crippen LogP contribution in [0.2, 0.25) is 5.02 Å². The molecule has 3 heteroatoms. The highest BCUT2D eigenvalue weighted by Gasteiger charge is 2.40. The van der Waals surface area contributed by atoms with Crippen molar-refractivity contribution in [1.82, 2.24) is 0 Å². The van der Waals surface area contributed by atoms with Crippen LogP contribution in [0.15, 0.2) is 24.3 Å². The molecule has 1 aliphatic rings. The van der Waals surface area contributed by atoms with Crippen molar-refractivity contribution < 1.29 is 4.79 Å². The third-order valence-corrected chi connectivity index (χ3v) is 4.58. The smallest absolute Gasteiger partial charge is 0.138 e. The molecular formula is C14H16Cl2O. The third-order valence-electron chi connectivity index (χ3n) is 3.81. The molecular weight excluding hydrogens is 255 g/mol. The lowest BCUT2D eigenvalue weighted by molar-refractivity contribution is -0.108. The number of hydrogen-bond acceptors (Lipinski definition) is 1. The van der Waals surface area contributed by atoms with E-state index in [9.17, 15) is 4.79 Å². The van der Waals surface area contributed by atoms with Crippen molar-refractivity contribution in [3.8, 4) is 0 Å². The van der Waals surface area contributed by atoms with Gasteiger partial charge in [0, 0.05) is 10.4 Å². The molecule has 1 unspecified atom stereocenters. The minimum Gasteiger partial charge on any atom is -0.302 e. The third kappa shape index (κ3) is 2.51. The van der Waals surface area contributed by atoms with E-state index in [1.165, 1.54) is 6.42 Å². The van der Waals surface area contributed by atoms with Crippen LogP contribution in [0.5, 0.6) is 0 Å². The summed E-state index contributed by atoms with van der Waals surface area (Å²) >= 11 is 12.2. The molecule has 0 aromatic heterocycles. The molecule has 0 bridgehead atoms. The normalized spacial score (nSPS) is 20.8. The number of aldehydes is 1. The molecule has 0 amide bonds. The fourth-order valence-corrected chi connectivity index (χ4v) is 3.29. The molecule has 1 saturated carbocycles. The first-order valence-electron chi connectivity index (χ1n) is 6.04. The van der Waals surface area contributed by atoms with E-state index in [-0.39, 0.29) is 5.41 Å². The van der Waals surface area contributed by atoms with Crippen LogP contribution in [-0.2, 0) is 10.2 Å². The van der Waals surface area contributed by atoms with Crippen molar-refractivity contribution in [2.45, 2.75) is 42.9 Å². The summed E-state index contributed by atoms with van der Waals surface area (Å²) in [5, 5.41) is 0.279. The topological polar surface area (TPSA) is 17.1 Å². The highest BCUT2D eigenvalue weighted by atomic mass is 35.5. The summed E-state index contributed by atoms with van der Waals surface area (Å²) in [5.41, 5.74) is 0.959. The van der Waals surface area contributed by atoms with Gasteiger partial charge in [-0.25, -0.2) is 0 Å². The first-order chi connectivity index (χ1) is 8.19. The van der Waals surface area contributed by atoms with Gasteiger partial charge in [-0.1, -0.05) is 43.0 Å². The summed E-state index contributed by atoms with van der Waals surface area (Å²) < 4.78 is 0. The number of halogens is 2. The van der Waals surface area contributed by atoms with E-state index in [1.807, 2.05) is 24.3 Å². The summed E-state index contributed by atoms with van der Waals surface area (Å²) in [6.07, 6.45) is 6.36. The molecule has 0 N–H and O–H groups in total. The van der Waals surface area contributed by atoms with Gasteiger partial charge in [-0.3, -0.25) is 0 Å². The zero-order valence-corrected chi connectivity index (χ0v) is 11.2. The predicted molar refractivity (Wildman–Crippen MR) is 71.9 cm³/mol. The highest BCUT2D eigenvalue weighted by Crippen LogP contribution is 2.43. The molecule has 1 aliphatic carbocycles. The molecule has 17 heavy (non-hydrogen) atoms. The first kappa shape index (κ1) is 12.9. The van der Waals surface area contributed by atoms with Gasteiger partial charge in [0.25, 0.3) is 0 Å². The molecule has 1 fully saturated rings. The number of benzene rings is 1. The van der Waals surface area contributed by atoms with Crippen LogP contribution in [0.3, 0.4) is 0 Å². The fraction of sp³-hybridized carbons (Fsp3) is 0.500. The van der Waals surface area contributed by atoms with Gasteiger partial charge in [-0.15, -0.1) is 11.6 Å². The molecule has 1 atom stereocenters. The number of carbonyl (C=O) groups excluding carboxylic acids is 1. The summed E-state index contributed by atoms with van der Waals surface area (Å²) in [6.45, 7) is 0. The number of alkyl halides is 1. The second kappa shape index (κ2) is 5.41. The molecule has 92 valence electrons. The Kier molecular flexibility index (Phi) is 4.11. The Labute approximate surface area is 112 Å². The van der Waals surface area contributed by atoms with Crippen molar-refractivity contribution in [2.75, 3.05) is 0 Å². The van der Waals surface area contributed by atoms with E-state index < -0.39 is 5.38 Å². The van der Waals surface area contributed by atoms with E-state index in [1.54, 1.807) is 0 Å². The monoisotopic (exact) mass is 270 g/mol. The quantitative estimate of drug-likeness (QED) is 0.590. The minimum atomic E-state index is -0.441. The standard InChI is InChI=1S/C14H16Cl2O/c15-12-6-4-11(5-7-12)14(13(16)10-17)8-2-1-3-9-14/h4-7,10,13H,1-3,8-9H2. The summed E-state index contributed by atoms with van der Waals surface area (Å²) in [4.78, 5) is 11.1. The SMILES string of the molecule is O=CC(Cl)C1(c2ccc(Cl)cc2)CCCCC1. The molecule has 0 heterocycles. The van der Waals surface area contributed by atoms with Gasteiger partial charge in [0.05, 0.1) is 5.38 Å². The maximum atomic E-state index is 11.1. The van der Waals surface area contributed by atoms with Gasteiger partial charge < -0.3 is 4.79 Å². The zero-order valence-electron chi connectivity index (χ0n) is 9.66. The first-order valence-corrected chi connectivity index (χ1v) is 6.86. The van der Waals surface area contributed by atoms with Crippen LogP contribution < -0.4 is 0 Å².